The highest BCUT2D eigenvalue weighted by molar-refractivity contribution is 8.00. The summed E-state index contributed by atoms with van der Waals surface area (Å²) >= 11 is 1.07. The van der Waals surface area contributed by atoms with Crippen LogP contribution in [0.3, 0.4) is 0 Å². The fraction of sp³-hybridized carbons (Fsp3) is 0.571. The van der Waals surface area contributed by atoms with Gasteiger partial charge in [-0.3, -0.25) is 4.79 Å². The van der Waals surface area contributed by atoms with E-state index in [1.54, 1.807) is 18.2 Å². The number of carboxylic acids is 3. The van der Waals surface area contributed by atoms with Crippen LogP contribution < -0.4 is 26.4 Å². The summed E-state index contributed by atoms with van der Waals surface area (Å²) in [5, 5.41) is 45.3. The van der Waals surface area contributed by atoms with Crippen LogP contribution in [-0.4, -0.2) is 58.1 Å². The van der Waals surface area contributed by atoms with Gasteiger partial charge in [0.1, 0.15) is 6.04 Å². The summed E-state index contributed by atoms with van der Waals surface area (Å²) in [5.41, 5.74) is 3.35. The van der Waals surface area contributed by atoms with Crippen LogP contribution in [0.25, 0.3) is 0 Å². The van der Waals surface area contributed by atoms with Gasteiger partial charge in [0, 0.05) is 29.8 Å². The molecule has 0 unspecified atom stereocenters. The fourth-order valence-corrected chi connectivity index (χ4v) is 4.44. The lowest BCUT2D eigenvalue weighted by atomic mass is 10.1. The van der Waals surface area contributed by atoms with Crippen molar-refractivity contribution in [2.24, 2.45) is 0 Å². The standard InChI is InChI=1S/C28H44N2O8S/c1-2-3-4-5-6-7-8-9-10-11-12-13-16-24(23(31)15-14-17-26(33)34)39-20-22(28(37)38)30-25(32)19-18-21(29)27(35)36/h6-7,9-13,16,21-24,31H,2-5,8,14-15,17-20,29H2,1H3,(H,30,32)(H,33,34)(H,35,36)(H,37,38)/p-2/b7-6-,10-9-,12-11+,16-13+/t21-,22-,23-,24+/m0/s1. The minimum absolute atomic E-state index is 0.111. The molecule has 0 fully saturated rings. The third kappa shape index (κ3) is 20.7. The number of amides is 1. The van der Waals surface area contributed by atoms with Crippen LogP contribution in [0.1, 0.15) is 71.1 Å². The number of hydrogen-bond donors (Lipinski definition) is 3. The Morgan fingerprint density at radius 2 is 1.62 bits per heavy atom. The van der Waals surface area contributed by atoms with E-state index in [-0.39, 0.29) is 37.9 Å². The first-order valence-corrected chi connectivity index (χ1v) is 14.3. The second-order valence-electron chi connectivity index (χ2n) is 9.02. The quantitative estimate of drug-likeness (QED) is 0.0784. The van der Waals surface area contributed by atoms with E-state index in [4.69, 9.17) is 0 Å². The van der Waals surface area contributed by atoms with Crippen molar-refractivity contribution in [1.29, 1.82) is 0 Å². The summed E-state index contributed by atoms with van der Waals surface area (Å²) in [6, 6.07) is -2.49. The molecule has 0 spiro atoms. The number of carbonyl (C=O) groups excluding carboxylic acids is 4. The maximum atomic E-state index is 12.1. The van der Waals surface area contributed by atoms with E-state index in [9.17, 15) is 39.6 Å². The van der Waals surface area contributed by atoms with Gasteiger partial charge in [-0.2, -0.15) is 0 Å². The number of rotatable bonds is 23. The molecule has 0 saturated carbocycles. The van der Waals surface area contributed by atoms with Crippen molar-refractivity contribution in [1.82, 2.24) is 5.32 Å². The van der Waals surface area contributed by atoms with Crippen LogP contribution in [0.4, 0.5) is 0 Å². The Morgan fingerprint density at radius 1 is 0.897 bits per heavy atom. The van der Waals surface area contributed by atoms with Crippen LogP contribution >= 0.6 is 11.8 Å². The fourth-order valence-electron chi connectivity index (χ4n) is 3.24. The molecule has 0 heterocycles. The number of allylic oxidation sites excluding steroid dienone is 7. The van der Waals surface area contributed by atoms with Gasteiger partial charge in [0.15, 0.2) is 0 Å². The molecule has 0 aliphatic heterocycles. The molecule has 11 heteroatoms. The third-order valence-corrected chi connectivity index (χ3v) is 6.95. The molecule has 4 atom stereocenters. The monoisotopic (exact) mass is 566 g/mol. The van der Waals surface area contributed by atoms with Gasteiger partial charge in [0.2, 0.25) is 5.91 Å². The summed E-state index contributed by atoms with van der Waals surface area (Å²) in [7, 11) is 0. The average Bonchev–Trinajstić information content (AvgIpc) is 2.88. The third-order valence-electron chi connectivity index (χ3n) is 5.57. The van der Waals surface area contributed by atoms with Gasteiger partial charge in [-0.25, -0.2) is 0 Å². The molecular weight excluding hydrogens is 524 g/mol. The second kappa shape index (κ2) is 23.0. The molecular formula is C28H42N2O8S-2. The highest BCUT2D eigenvalue weighted by atomic mass is 32.2. The number of carbonyl (C=O) groups is 4. The maximum Gasteiger partial charge on any atom is 0.220 e. The molecule has 39 heavy (non-hydrogen) atoms. The maximum absolute atomic E-state index is 12.1. The highest BCUT2D eigenvalue weighted by Gasteiger charge is 2.21. The van der Waals surface area contributed by atoms with E-state index in [0.717, 1.165) is 24.6 Å². The molecule has 0 aliphatic rings. The summed E-state index contributed by atoms with van der Waals surface area (Å²) in [6.07, 6.45) is 19.4. The Bertz CT molecular complexity index is 857. The topological polar surface area (TPSA) is 197 Å². The number of carboxylic acid groups (broad SMARTS) is 3. The van der Waals surface area contributed by atoms with Crippen molar-refractivity contribution in [3.63, 3.8) is 0 Å². The predicted octanol–water partition coefficient (Wildman–Crippen LogP) is -1.06. The second-order valence-corrected chi connectivity index (χ2v) is 10.2. The summed E-state index contributed by atoms with van der Waals surface area (Å²) in [6.45, 7) is 2.17. The van der Waals surface area contributed by atoms with Crippen LogP contribution in [-0.2, 0) is 19.2 Å². The SMILES string of the molecule is CCCCC/C=C\C\C=C/C=C/C=C/[C@@H](SC[C@H](NC(=O)CC[C@H]([NH3+])C(=O)[O-])C(=O)[O-])[C@@H](O)CCCC(=O)[O-]. The first-order valence-electron chi connectivity index (χ1n) is 13.3. The van der Waals surface area contributed by atoms with Crippen LogP contribution in [0, 0.1) is 0 Å². The molecule has 220 valence electrons. The molecule has 0 rings (SSSR count). The normalized spacial score (nSPS) is 15.2. The molecule has 0 aromatic carbocycles. The lowest BCUT2D eigenvalue weighted by Crippen LogP contribution is -2.68. The minimum atomic E-state index is -1.53. The van der Waals surface area contributed by atoms with Crippen molar-refractivity contribution in [2.45, 2.75) is 94.6 Å². The van der Waals surface area contributed by atoms with E-state index in [1.807, 2.05) is 18.2 Å². The number of thioether (sulfide) groups is 1. The molecule has 10 nitrogen and oxygen atoms in total. The number of nitrogens with one attached hydrogen (secondary N) is 1. The van der Waals surface area contributed by atoms with E-state index < -0.39 is 47.3 Å². The van der Waals surface area contributed by atoms with Gasteiger partial charge in [-0.05, 0) is 38.5 Å². The number of hydrogen-bond acceptors (Lipinski definition) is 9. The number of aliphatic hydroxyl groups is 1. The first-order chi connectivity index (χ1) is 18.6. The Hall–Kier alpha value is -2.89. The van der Waals surface area contributed by atoms with Crippen molar-refractivity contribution in [2.75, 3.05) is 5.75 Å². The largest absolute Gasteiger partial charge is 0.550 e. The lowest BCUT2D eigenvalue weighted by Gasteiger charge is -2.24. The van der Waals surface area contributed by atoms with Gasteiger partial charge in [-0.1, -0.05) is 68.4 Å². The number of aliphatic hydroxyl groups excluding tert-OH is 1. The lowest BCUT2D eigenvalue weighted by molar-refractivity contribution is -0.438. The van der Waals surface area contributed by atoms with Crippen molar-refractivity contribution < 1.29 is 45.3 Å². The van der Waals surface area contributed by atoms with Crippen LogP contribution in [0.5, 0.6) is 0 Å². The Morgan fingerprint density at radius 3 is 2.26 bits per heavy atom. The van der Waals surface area contributed by atoms with E-state index in [1.165, 1.54) is 19.3 Å². The molecule has 5 N–H and O–H groups in total. The smallest absolute Gasteiger partial charge is 0.220 e. The zero-order chi connectivity index (χ0) is 29.5. The summed E-state index contributed by atoms with van der Waals surface area (Å²) < 4.78 is 0. The number of unbranched alkanes of at least 4 members (excludes halogenated alkanes) is 3. The molecule has 0 aromatic rings. The first kappa shape index (κ1) is 36.1. The van der Waals surface area contributed by atoms with Crippen molar-refractivity contribution in [3.05, 3.63) is 48.6 Å². The Balaban J connectivity index is 5.01. The molecule has 0 radical (unpaired) electrons. The number of quaternary nitrogens is 1. The predicted molar refractivity (Wildman–Crippen MR) is 144 cm³/mol. The number of aliphatic carboxylic acids is 3. The van der Waals surface area contributed by atoms with E-state index in [0.29, 0.717) is 0 Å². The van der Waals surface area contributed by atoms with Gasteiger partial charge in [0.25, 0.3) is 0 Å². The minimum Gasteiger partial charge on any atom is -0.550 e. The van der Waals surface area contributed by atoms with Gasteiger partial charge < -0.3 is 45.9 Å². The van der Waals surface area contributed by atoms with Crippen molar-refractivity contribution in [3.8, 4) is 0 Å². The average molecular weight is 567 g/mol. The zero-order valence-electron chi connectivity index (χ0n) is 22.6. The Kier molecular flexibility index (Phi) is 21.3. The molecule has 0 aromatic heterocycles. The Labute approximate surface area is 235 Å². The van der Waals surface area contributed by atoms with E-state index in [2.05, 4.69) is 30.1 Å². The van der Waals surface area contributed by atoms with Gasteiger partial charge >= 0.3 is 0 Å². The van der Waals surface area contributed by atoms with Crippen LogP contribution in [0.2, 0.25) is 0 Å². The summed E-state index contributed by atoms with van der Waals surface area (Å²) in [4.78, 5) is 45.0. The molecule has 1 amide bonds. The van der Waals surface area contributed by atoms with Gasteiger partial charge in [-0.15, -0.1) is 11.8 Å². The van der Waals surface area contributed by atoms with Crippen molar-refractivity contribution >= 4 is 35.6 Å². The van der Waals surface area contributed by atoms with Gasteiger partial charge in [0.05, 0.1) is 24.1 Å². The molecule has 0 aliphatic carbocycles. The van der Waals surface area contributed by atoms with Crippen LogP contribution in [0.15, 0.2) is 48.6 Å². The highest BCUT2D eigenvalue weighted by Crippen LogP contribution is 2.21. The molecule has 0 saturated heterocycles. The molecule has 0 bridgehead atoms. The summed E-state index contributed by atoms with van der Waals surface area (Å²) in [5.74, 6) is -4.97. The van der Waals surface area contributed by atoms with E-state index >= 15 is 0 Å². The zero-order valence-corrected chi connectivity index (χ0v) is 23.4.